The molecule has 0 bridgehead atoms. The van der Waals surface area contributed by atoms with Gasteiger partial charge in [-0.2, -0.15) is 0 Å². The summed E-state index contributed by atoms with van der Waals surface area (Å²) in [6.07, 6.45) is 6.49. The van der Waals surface area contributed by atoms with E-state index in [1.807, 2.05) is 18.2 Å². The van der Waals surface area contributed by atoms with E-state index in [9.17, 15) is 4.79 Å². The summed E-state index contributed by atoms with van der Waals surface area (Å²) < 4.78 is 18.4. The molecule has 6 rings (SSSR count). The van der Waals surface area contributed by atoms with Crippen LogP contribution in [0.15, 0.2) is 75.6 Å². The molecule has 42 heavy (non-hydrogen) atoms. The third kappa shape index (κ3) is 5.22. The minimum Gasteiger partial charge on any atom is -0.462 e. The molecule has 0 amide bonds. The second-order valence-electron chi connectivity index (χ2n) is 11.0. The number of benzene rings is 4. The first kappa shape index (κ1) is 27.8. The van der Waals surface area contributed by atoms with Crippen molar-refractivity contribution in [3.8, 4) is 11.5 Å². The van der Waals surface area contributed by atoms with Gasteiger partial charge < -0.3 is 18.5 Å². The summed E-state index contributed by atoms with van der Waals surface area (Å²) in [5, 5.41) is 4.22. The first-order valence-electron chi connectivity index (χ1n) is 15.3. The predicted molar refractivity (Wildman–Crippen MR) is 171 cm³/mol. The molecule has 0 aliphatic rings. The van der Waals surface area contributed by atoms with Gasteiger partial charge in [-0.1, -0.05) is 64.3 Å². The van der Waals surface area contributed by atoms with Crippen LogP contribution in [0.4, 0.5) is 5.69 Å². The van der Waals surface area contributed by atoms with Crippen LogP contribution in [0, 0.1) is 0 Å². The third-order valence-electron chi connectivity index (χ3n) is 7.99. The Kier molecular flexibility index (Phi) is 8.13. The molecule has 0 aliphatic heterocycles. The maximum Gasteiger partial charge on any atom is 0.338 e. The number of esters is 1. The number of oxazole rings is 1. The van der Waals surface area contributed by atoms with Gasteiger partial charge in [0.15, 0.2) is 11.2 Å². The zero-order chi connectivity index (χ0) is 29.1. The zero-order valence-electron chi connectivity index (χ0n) is 24.7. The molecular weight excluding hydrogens is 524 g/mol. The minimum atomic E-state index is -0.315. The van der Waals surface area contributed by atoms with Crippen LogP contribution < -0.4 is 4.90 Å². The zero-order valence-corrected chi connectivity index (χ0v) is 24.7. The number of ether oxygens (including phenoxy) is 1. The number of nitrogens with zero attached hydrogens (tertiary/aromatic N) is 2. The fourth-order valence-electron chi connectivity index (χ4n) is 5.61. The topological polar surface area (TPSA) is 68.7 Å². The second-order valence-corrected chi connectivity index (χ2v) is 11.0. The molecule has 2 heterocycles. The van der Waals surface area contributed by atoms with E-state index in [4.69, 9.17) is 18.6 Å². The van der Waals surface area contributed by atoms with Crippen LogP contribution in [0.5, 0.6) is 0 Å². The highest BCUT2D eigenvalue weighted by Crippen LogP contribution is 2.42. The van der Waals surface area contributed by atoms with Crippen LogP contribution in [-0.2, 0) is 4.74 Å². The van der Waals surface area contributed by atoms with Crippen LogP contribution in [0.3, 0.4) is 0 Å². The largest absolute Gasteiger partial charge is 0.462 e. The number of hydrogen-bond acceptors (Lipinski definition) is 6. The van der Waals surface area contributed by atoms with Crippen LogP contribution in [-0.4, -0.2) is 30.6 Å². The molecule has 6 aromatic rings. The number of anilines is 1. The maximum absolute atomic E-state index is 12.4. The molecule has 0 saturated heterocycles. The third-order valence-corrected chi connectivity index (χ3v) is 7.99. The van der Waals surface area contributed by atoms with E-state index in [-0.39, 0.29) is 5.97 Å². The van der Waals surface area contributed by atoms with Crippen molar-refractivity contribution in [2.24, 2.45) is 0 Å². The van der Waals surface area contributed by atoms with E-state index in [1.54, 1.807) is 12.1 Å². The number of carbonyl (C=O) groups is 1. The van der Waals surface area contributed by atoms with Gasteiger partial charge in [-0.3, -0.25) is 0 Å². The molecule has 6 nitrogen and oxygen atoms in total. The Bertz CT molecular complexity index is 1840. The monoisotopic (exact) mass is 562 g/mol. The molecule has 0 spiro atoms. The summed E-state index contributed by atoms with van der Waals surface area (Å²) >= 11 is 0. The Morgan fingerprint density at radius 2 is 1.50 bits per heavy atom. The smallest absolute Gasteiger partial charge is 0.338 e. The summed E-state index contributed by atoms with van der Waals surface area (Å²) in [6, 6.07) is 22.1. The lowest BCUT2D eigenvalue weighted by Crippen LogP contribution is -2.25. The van der Waals surface area contributed by atoms with Gasteiger partial charge in [0.1, 0.15) is 11.1 Å². The number of fused-ring (bicyclic) bond motifs is 8. The number of carbonyl (C=O) groups excluding carboxylic acids is 1. The normalized spacial score (nSPS) is 11.7. The number of unbranched alkanes of at least 4 members (excludes halogenated alkanes) is 3. The average Bonchev–Trinajstić information content (AvgIpc) is 3.64. The molecule has 0 fully saturated rings. The van der Waals surface area contributed by atoms with Gasteiger partial charge in [-0.05, 0) is 61.0 Å². The van der Waals surface area contributed by atoms with Crippen molar-refractivity contribution in [2.45, 2.75) is 59.3 Å². The number of aromatic nitrogens is 1. The van der Waals surface area contributed by atoms with Gasteiger partial charge in [0.05, 0.1) is 12.2 Å². The van der Waals surface area contributed by atoms with Gasteiger partial charge in [0.25, 0.3) is 0 Å². The van der Waals surface area contributed by atoms with E-state index >= 15 is 0 Å². The molecule has 0 saturated carbocycles. The maximum atomic E-state index is 12.4. The highest BCUT2D eigenvalue weighted by molar-refractivity contribution is 6.28. The number of rotatable bonds is 12. The SMILES string of the molecule is CCCCOC(=O)c1ccc(-c2nc3c4ccccc4c4c5ccc(N(CCCC)CCCC)cc5oc4c3o2)cc1. The number of hydrogen-bond donors (Lipinski definition) is 0. The first-order chi connectivity index (χ1) is 20.6. The molecule has 0 unspecified atom stereocenters. The summed E-state index contributed by atoms with van der Waals surface area (Å²) in [4.78, 5) is 19.8. The molecular formula is C36H38N2O4. The van der Waals surface area contributed by atoms with Gasteiger partial charge in [-0.15, -0.1) is 0 Å². The van der Waals surface area contributed by atoms with Crippen molar-refractivity contribution < 1.29 is 18.4 Å². The highest BCUT2D eigenvalue weighted by Gasteiger charge is 2.22. The van der Waals surface area contributed by atoms with Crippen molar-refractivity contribution in [3.63, 3.8) is 0 Å². The predicted octanol–water partition coefficient (Wildman–Crippen LogP) is 9.91. The van der Waals surface area contributed by atoms with Crippen molar-refractivity contribution >= 4 is 55.5 Å². The van der Waals surface area contributed by atoms with E-state index in [1.165, 1.54) is 18.5 Å². The fourth-order valence-corrected chi connectivity index (χ4v) is 5.61. The van der Waals surface area contributed by atoms with E-state index in [0.29, 0.717) is 29.2 Å². The van der Waals surface area contributed by atoms with Crippen molar-refractivity contribution in [1.29, 1.82) is 0 Å². The van der Waals surface area contributed by atoms with Crippen LogP contribution in [0.2, 0.25) is 0 Å². The Labute approximate surface area is 246 Å². The molecule has 0 radical (unpaired) electrons. The summed E-state index contributed by atoms with van der Waals surface area (Å²) in [7, 11) is 0. The second kappa shape index (κ2) is 12.3. The van der Waals surface area contributed by atoms with Crippen molar-refractivity contribution in [3.05, 3.63) is 72.3 Å². The van der Waals surface area contributed by atoms with Crippen LogP contribution >= 0.6 is 0 Å². The van der Waals surface area contributed by atoms with Crippen LogP contribution in [0.1, 0.15) is 69.7 Å². The Morgan fingerprint density at radius 1 is 0.786 bits per heavy atom. The van der Waals surface area contributed by atoms with Crippen molar-refractivity contribution in [1.82, 2.24) is 4.98 Å². The number of furan rings is 1. The van der Waals surface area contributed by atoms with Crippen molar-refractivity contribution in [2.75, 3.05) is 24.6 Å². The standard InChI is InChI=1S/C36H38N2O4/c1-4-7-20-38(21-8-5-2)26-18-19-29-30(23-26)41-33-31(29)27-12-10-11-13-28(27)32-34(33)42-35(37-32)24-14-16-25(17-15-24)36(39)40-22-9-6-3/h10-19,23H,4-9,20-22H2,1-3H3. The summed E-state index contributed by atoms with van der Waals surface area (Å²) in [5.41, 5.74) is 5.45. The highest BCUT2D eigenvalue weighted by atomic mass is 16.5. The first-order valence-corrected chi connectivity index (χ1v) is 15.3. The fraction of sp³-hybridized carbons (Fsp3) is 0.333. The van der Waals surface area contributed by atoms with Gasteiger partial charge in [-0.25, -0.2) is 9.78 Å². The van der Waals surface area contributed by atoms with E-state index in [0.717, 1.165) is 77.0 Å². The Balaban J connectivity index is 1.44. The van der Waals surface area contributed by atoms with E-state index in [2.05, 4.69) is 62.1 Å². The summed E-state index contributed by atoms with van der Waals surface area (Å²) in [6.45, 7) is 9.05. The molecule has 2 aromatic heterocycles. The molecule has 6 heteroatoms. The lowest BCUT2D eigenvalue weighted by atomic mass is 10.0. The van der Waals surface area contributed by atoms with Gasteiger partial charge in [0.2, 0.25) is 5.89 Å². The Hall–Kier alpha value is -4.32. The Morgan fingerprint density at radius 3 is 2.21 bits per heavy atom. The minimum absolute atomic E-state index is 0.315. The summed E-state index contributed by atoms with van der Waals surface area (Å²) in [5.74, 6) is 0.171. The van der Waals surface area contributed by atoms with Crippen LogP contribution in [0.25, 0.3) is 55.3 Å². The molecule has 4 aromatic carbocycles. The quantitative estimate of drug-likeness (QED) is 0.109. The molecule has 0 N–H and O–H groups in total. The lowest BCUT2D eigenvalue weighted by Gasteiger charge is -2.24. The lowest BCUT2D eigenvalue weighted by molar-refractivity contribution is 0.0499. The molecule has 216 valence electrons. The molecule has 0 atom stereocenters. The van der Waals surface area contributed by atoms with Gasteiger partial charge >= 0.3 is 5.97 Å². The average molecular weight is 563 g/mol. The molecule has 0 aliphatic carbocycles. The van der Waals surface area contributed by atoms with Gasteiger partial charge in [0, 0.05) is 46.6 Å². The van der Waals surface area contributed by atoms with E-state index < -0.39 is 0 Å².